The minimum atomic E-state index is 0. The van der Waals surface area contributed by atoms with E-state index >= 15 is 0 Å². The van der Waals surface area contributed by atoms with E-state index in [1.165, 1.54) is 16.7 Å². The molecule has 0 saturated heterocycles. The Kier molecular flexibility index (Phi) is 27.4. The van der Waals surface area contributed by atoms with E-state index in [-0.39, 0.29) is 24.8 Å². The van der Waals surface area contributed by atoms with Crippen LogP contribution in [0.2, 0.25) is 0 Å². The quantitative estimate of drug-likeness (QED) is 0.254. The molecule has 0 spiro atoms. The summed E-state index contributed by atoms with van der Waals surface area (Å²) in [6.45, 7) is 10.6. The Hall–Kier alpha value is -0.920. The third kappa shape index (κ3) is 17.9. The molecule has 2 aliphatic rings. The van der Waals surface area contributed by atoms with E-state index in [4.69, 9.17) is 0 Å². The molecule has 1 unspecified atom stereocenters. The number of rotatable bonds is 0. The number of hydrogen-bond acceptors (Lipinski definition) is 0. The molecular formula is C26H32Cl2SiZr-4. The Balaban J connectivity index is -0.000000314. The van der Waals surface area contributed by atoms with Crippen molar-refractivity contribution in [1.29, 1.82) is 0 Å². The topological polar surface area (TPSA) is 0 Å². The van der Waals surface area contributed by atoms with Gasteiger partial charge in [-0.05, 0) is 0 Å². The average Bonchev–Trinajstić information content (AvgIpc) is 3.43. The first-order chi connectivity index (χ1) is 13.6. The zero-order valence-electron chi connectivity index (χ0n) is 18.3. The van der Waals surface area contributed by atoms with E-state index in [9.17, 15) is 0 Å². The Morgan fingerprint density at radius 2 is 1.30 bits per heavy atom. The minimum absolute atomic E-state index is 0. The van der Waals surface area contributed by atoms with Crippen LogP contribution in [0.3, 0.4) is 0 Å². The van der Waals surface area contributed by atoms with Crippen molar-refractivity contribution in [2.75, 3.05) is 0 Å². The van der Waals surface area contributed by atoms with E-state index < -0.39 is 0 Å². The van der Waals surface area contributed by atoms with Crippen molar-refractivity contribution < 1.29 is 23.3 Å². The molecule has 2 aromatic carbocycles. The largest absolute Gasteiger partial charge is 0.184 e. The SMILES string of the molecule is CC1=[C-]C(C)C(C)=C1C.Cl.Cl.[C-]1=CC=CC1.[SiH2]=[Zr].[c-]1ccccc1.[c-]1ccccc1. The first kappa shape index (κ1) is 33.7. The van der Waals surface area contributed by atoms with Crippen LogP contribution in [0.15, 0.2) is 95.6 Å². The van der Waals surface area contributed by atoms with Crippen LogP contribution in [0, 0.1) is 30.2 Å². The van der Waals surface area contributed by atoms with Gasteiger partial charge in [0.2, 0.25) is 0 Å². The molecule has 0 radical (unpaired) electrons. The molecular weight excluding hydrogens is 503 g/mol. The van der Waals surface area contributed by atoms with Gasteiger partial charge in [0, 0.05) is 0 Å². The van der Waals surface area contributed by atoms with Crippen molar-refractivity contribution in [3.63, 3.8) is 0 Å². The van der Waals surface area contributed by atoms with Crippen LogP contribution in [-0.4, -0.2) is 6.88 Å². The Morgan fingerprint density at radius 1 is 0.833 bits per heavy atom. The van der Waals surface area contributed by atoms with Crippen molar-refractivity contribution >= 4 is 31.7 Å². The second-order valence-corrected chi connectivity index (χ2v) is 5.96. The van der Waals surface area contributed by atoms with Gasteiger partial charge in [-0.2, -0.15) is 90.0 Å². The summed E-state index contributed by atoms with van der Waals surface area (Å²) in [6.07, 6.45) is 13.4. The Morgan fingerprint density at radius 3 is 1.40 bits per heavy atom. The molecule has 4 heteroatoms. The molecule has 0 fully saturated rings. The van der Waals surface area contributed by atoms with Gasteiger partial charge in [0.25, 0.3) is 0 Å². The smallest absolute Gasteiger partial charge is 0.171 e. The standard InChI is InChI=1S/C9H13.2C6H5.C5H5.2ClH.H2Si.Zr/c1-6-5-7(2)9(4)8(6)3;2*1-2-4-6-5-3-1;1-2-4-5-3-1;;;;/h6H,1-4H3;2*1-5H;1-3H,4H2;2*1H;1H2;/q4*-1;;;;. The Labute approximate surface area is 213 Å². The van der Waals surface area contributed by atoms with Crippen LogP contribution in [0.1, 0.15) is 34.1 Å². The predicted octanol–water partition coefficient (Wildman–Crippen LogP) is 6.93. The molecule has 1 atom stereocenters. The van der Waals surface area contributed by atoms with Crippen LogP contribution in [0.25, 0.3) is 0 Å². The van der Waals surface area contributed by atoms with Crippen LogP contribution in [-0.2, 0) is 23.3 Å². The molecule has 2 aromatic rings. The van der Waals surface area contributed by atoms with Gasteiger partial charge in [0.1, 0.15) is 0 Å². The number of hydrogen-bond donors (Lipinski definition) is 0. The monoisotopic (exact) mass is 532 g/mol. The summed E-state index contributed by atoms with van der Waals surface area (Å²) in [6, 6.07) is 25.0. The van der Waals surface area contributed by atoms with E-state index in [0.29, 0.717) is 5.92 Å². The van der Waals surface area contributed by atoms with E-state index in [0.717, 1.165) is 6.42 Å². The van der Waals surface area contributed by atoms with E-state index in [2.05, 4.69) is 58.1 Å². The second kappa shape index (κ2) is 24.4. The zero-order valence-corrected chi connectivity index (χ0v) is 23.8. The van der Waals surface area contributed by atoms with Crippen molar-refractivity contribution in [3.8, 4) is 0 Å². The molecule has 0 aromatic heterocycles. The Bertz CT molecular complexity index is 643. The van der Waals surface area contributed by atoms with Gasteiger partial charge in [0.15, 0.2) is 0 Å². The van der Waals surface area contributed by atoms with Crippen molar-refractivity contribution in [2.24, 2.45) is 5.92 Å². The molecule has 0 amide bonds. The maximum Gasteiger partial charge on any atom is -0.171 e. The van der Waals surface area contributed by atoms with Crippen molar-refractivity contribution in [2.45, 2.75) is 34.1 Å². The third-order valence-electron chi connectivity index (χ3n) is 4.04. The van der Waals surface area contributed by atoms with Gasteiger partial charge < -0.3 is 0 Å². The zero-order chi connectivity index (χ0) is 21.0. The molecule has 162 valence electrons. The fourth-order valence-electron chi connectivity index (χ4n) is 2.19. The molecule has 0 aliphatic heterocycles. The summed E-state index contributed by atoms with van der Waals surface area (Å²) >= 11 is 1.58. The van der Waals surface area contributed by atoms with E-state index in [1.807, 2.05) is 79.7 Å². The molecule has 0 N–H and O–H groups in total. The van der Waals surface area contributed by atoms with Gasteiger partial charge in [-0.25, -0.2) is 17.7 Å². The molecule has 2 aliphatic carbocycles. The van der Waals surface area contributed by atoms with Crippen LogP contribution in [0.5, 0.6) is 0 Å². The molecule has 4 rings (SSSR count). The van der Waals surface area contributed by atoms with Crippen molar-refractivity contribution in [3.05, 3.63) is 120 Å². The molecule has 0 saturated carbocycles. The van der Waals surface area contributed by atoms with Crippen LogP contribution >= 0.6 is 24.8 Å². The molecule has 0 heterocycles. The van der Waals surface area contributed by atoms with Gasteiger partial charge in [-0.3, -0.25) is 12.2 Å². The minimum Gasteiger partial charge on any atom is -0.184 e. The third-order valence-corrected chi connectivity index (χ3v) is 4.04. The first-order valence-corrected chi connectivity index (χ1v) is 15.2. The number of benzene rings is 2. The normalized spacial score (nSPS) is 14.4. The number of halogens is 2. The predicted molar refractivity (Wildman–Crippen MR) is 135 cm³/mol. The molecule has 30 heavy (non-hydrogen) atoms. The maximum atomic E-state index is 3.36. The van der Waals surface area contributed by atoms with Gasteiger partial charge in [-0.15, -0.1) is 38.2 Å². The summed E-state index contributed by atoms with van der Waals surface area (Å²) < 4.78 is 0. The van der Waals surface area contributed by atoms with Gasteiger partial charge >= 0.3 is 30.2 Å². The average molecular weight is 535 g/mol. The summed E-state index contributed by atoms with van der Waals surface area (Å²) in [5.74, 6) is 0.560. The summed E-state index contributed by atoms with van der Waals surface area (Å²) in [5, 5.41) is 0. The fourth-order valence-corrected chi connectivity index (χ4v) is 2.19. The van der Waals surface area contributed by atoms with E-state index in [1.54, 1.807) is 23.3 Å². The van der Waals surface area contributed by atoms with Crippen LogP contribution in [0.4, 0.5) is 0 Å². The number of allylic oxidation sites excluding steroid dienone is 8. The molecule has 0 bridgehead atoms. The summed E-state index contributed by atoms with van der Waals surface area (Å²) in [7, 11) is 0. The summed E-state index contributed by atoms with van der Waals surface area (Å²) in [4.78, 5) is 0. The van der Waals surface area contributed by atoms with Gasteiger partial charge in [0.05, 0.1) is 0 Å². The maximum absolute atomic E-state index is 3.36. The van der Waals surface area contributed by atoms with Crippen LogP contribution < -0.4 is 0 Å². The fraction of sp³-hybridized carbons (Fsp3) is 0.231. The summed E-state index contributed by atoms with van der Waals surface area (Å²) in [5.41, 5.74) is 4.25. The second-order valence-electron chi connectivity index (χ2n) is 5.96. The van der Waals surface area contributed by atoms with Gasteiger partial charge in [-0.1, -0.05) is 26.7 Å². The van der Waals surface area contributed by atoms with Crippen molar-refractivity contribution in [1.82, 2.24) is 0 Å². The molecule has 0 nitrogen and oxygen atoms in total. The first-order valence-electron chi connectivity index (χ1n) is 9.30.